The molecule has 1 amide bonds. The number of amides is 1. The van der Waals surface area contributed by atoms with E-state index >= 15 is 0 Å². The van der Waals surface area contributed by atoms with Crippen LogP contribution in [0.3, 0.4) is 0 Å². The Morgan fingerprint density at radius 3 is 2.64 bits per heavy atom. The minimum atomic E-state index is 0. The van der Waals surface area contributed by atoms with E-state index in [0.29, 0.717) is 28.9 Å². The second-order valence-electron chi connectivity index (χ2n) is 6.99. The van der Waals surface area contributed by atoms with E-state index in [4.69, 9.17) is 16.3 Å². The molecule has 0 bridgehead atoms. The predicted octanol–water partition coefficient (Wildman–Crippen LogP) is 4.80. The summed E-state index contributed by atoms with van der Waals surface area (Å²) in [4.78, 5) is 14.8. The van der Waals surface area contributed by atoms with Crippen LogP contribution in [0.2, 0.25) is 5.02 Å². The molecule has 1 saturated heterocycles. The number of likely N-dealkylation sites (tertiary alicyclic amines) is 1. The highest BCUT2D eigenvalue weighted by Gasteiger charge is 2.23. The van der Waals surface area contributed by atoms with Crippen molar-refractivity contribution in [1.82, 2.24) is 10.2 Å². The Kier molecular flexibility index (Phi) is 9.10. The number of benzene rings is 2. The predicted molar refractivity (Wildman–Crippen MR) is 117 cm³/mol. The number of nitrogens with zero attached hydrogens (tertiary/aromatic N) is 1. The number of rotatable bonds is 7. The summed E-state index contributed by atoms with van der Waals surface area (Å²) >= 11 is 6.01. The molecule has 0 aromatic heterocycles. The van der Waals surface area contributed by atoms with Gasteiger partial charge in [0, 0.05) is 23.7 Å². The zero-order valence-electron chi connectivity index (χ0n) is 16.2. The molecule has 0 saturated carbocycles. The number of piperidine rings is 1. The average molecular weight is 423 g/mol. The van der Waals surface area contributed by atoms with Crippen LogP contribution in [0.25, 0.3) is 0 Å². The highest BCUT2D eigenvalue weighted by atomic mass is 35.5. The van der Waals surface area contributed by atoms with E-state index in [1.165, 1.54) is 0 Å². The van der Waals surface area contributed by atoms with Crippen molar-refractivity contribution in [2.45, 2.75) is 26.4 Å². The Labute approximate surface area is 178 Å². The summed E-state index contributed by atoms with van der Waals surface area (Å²) in [5.41, 5.74) is 1.69. The lowest BCUT2D eigenvalue weighted by Gasteiger charge is -2.32. The minimum absolute atomic E-state index is 0. The molecule has 0 spiro atoms. The molecule has 2 aromatic rings. The van der Waals surface area contributed by atoms with Crippen molar-refractivity contribution in [2.75, 3.05) is 26.2 Å². The van der Waals surface area contributed by atoms with E-state index in [9.17, 15) is 4.79 Å². The lowest BCUT2D eigenvalue weighted by molar-refractivity contribution is 0.0690. The smallest absolute Gasteiger partial charge is 0.253 e. The Morgan fingerprint density at radius 2 is 1.93 bits per heavy atom. The number of hydrogen-bond donors (Lipinski definition) is 1. The standard InChI is InChI=1S/C22H27ClN2O2.ClH/c1-2-24-15-17-9-11-25(12-10-17)22(26)19-6-4-8-21(14-19)27-16-18-5-3-7-20(23)13-18;/h3-8,13-14,17,24H,2,9-12,15-16H2,1H3;1H. The molecule has 6 heteroatoms. The first-order valence-electron chi connectivity index (χ1n) is 9.63. The zero-order chi connectivity index (χ0) is 19.1. The quantitative estimate of drug-likeness (QED) is 0.696. The minimum Gasteiger partial charge on any atom is -0.489 e. The van der Waals surface area contributed by atoms with Gasteiger partial charge in [0.05, 0.1) is 0 Å². The van der Waals surface area contributed by atoms with Crippen LogP contribution < -0.4 is 10.1 Å². The van der Waals surface area contributed by atoms with Gasteiger partial charge in [-0.1, -0.05) is 36.7 Å². The number of halogens is 2. The molecule has 1 heterocycles. The molecule has 1 fully saturated rings. The number of carbonyl (C=O) groups is 1. The maximum absolute atomic E-state index is 12.8. The van der Waals surface area contributed by atoms with E-state index in [0.717, 1.165) is 44.6 Å². The van der Waals surface area contributed by atoms with Gasteiger partial charge >= 0.3 is 0 Å². The van der Waals surface area contributed by atoms with Crippen LogP contribution in [0.1, 0.15) is 35.7 Å². The van der Waals surface area contributed by atoms with Crippen LogP contribution in [0.5, 0.6) is 5.75 Å². The van der Waals surface area contributed by atoms with Gasteiger partial charge in [0.25, 0.3) is 5.91 Å². The third kappa shape index (κ3) is 6.40. The van der Waals surface area contributed by atoms with Crippen molar-refractivity contribution in [3.05, 3.63) is 64.7 Å². The summed E-state index contributed by atoms with van der Waals surface area (Å²) in [6, 6.07) is 15.0. The molecule has 28 heavy (non-hydrogen) atoms. The SMILES string of the molecule is CCNCC1CCN(C(=O)c2cccc(OCc3cccc(Cl)c3)c2)CC1.Cl. The van der Waals surface area contributed by atoms with Crippen LogP contribution in [0.4, 0.5) is 0 Å². The van der Waals surface area contributed by atoms with Crippen molar-refractivity contribution in [3.63, 3.8) is 0 Å². The van der Waals surface area contributed by atoms with Crippen LogP contribution in [0, 0.1) is 5.92 Å². The van der Waals surface area contributed by atoms with Crippen LogP contribution in [-0.2, 0) is 6.61 Å². The number of ether oxygens (including phenoxy) is 1. The monoisotopic (exact) mass is 422 g/mol. The van der Waals surface area contributed by atoms with E-state index in [-0.39, 0.29) is 18.3 Å². The van der Waals surface area contributed by atoms with E-state index in [1.54, 1.807) is 0 Å². The molecule has 1 aliphatic rings. The van der Waals surface area contributed by atoms with Crippen molar-refractivity contribution in [3.8, 4) is 5.75 Å². The fraction of sp³-hybridized carbons (Fsp3) is 0.409. The molecule has 4 nitrogen and oxygen atoms in total. The van der Waals surface area contributed by atoms with Gasteiger partial charge in [-0.2, -0.15) is 0 Å². The van der Waals surface area contributed by atoms with Gasteiger partial charge in [0.2, 0.25) is 0 Å². The first-order chi connectivity index (χ1) is 13.2. The summed E-state index contributed by atoms with van der Waals surface area (Å²) in [5.74, 6) is 1.45. The molecule has 0 atom stereocenters. The Hall–Kier alpha value is -1.75. The molecule has 152 valence electrons. The van der Waals surface area contributed by atoms with Gasteiger partial charge in [-0.3, -0.25) is 4.79 Å². The third-order valence-electron chi connectivity index (χ3n) is 4.96. The largest absolute Gasteiger partial charge is 0.489 e. The normalized spacial score (nSPS) is 14.4. The second kappa shape index (κ2) is 11.3. The van der Waals surface area contributed by atoms with Crippen molar-refractivity contribution >= 4 is 29.9 Å². The first kappa shape index (κ1) is 22.5. The lowest BCUT2D eigenvalue weighted by atomic mass is 9.96. The number of hydrogen-bond acceptors (Lipinski definition) is 3. The Balaban J connectivity index is 0.00000280. The molecule has 1 aliphatic heterocycles. The van der Waals surface area contributed by atoms with Gasteiger partial charge in [-0.15, -0.1) is 12.4 Å². The molecule has 1 N–H and O–H groups in total. The number of carbonyl (C=O) groups excluding carboxylic acids is 1. The molecule has 0 radical (unpaired) electrons. The number of nitrogens with one attached hydrogen (secondary N) is 1. The maximum Gasteiger partial charge on any atom is 0.253 e. The van der Waals surface area contributed by atoms with Crippen LogP contribution in [0.15, 0.2) is 48.5 Å². The average Bonchev–Trinajstić information content (AvgIpc) is 2.71. The highest BCUT2D eigenvalue weighted by molar-refractivity contribution is 6.30. The fourth-order valence-corrected chi connectivity index (χ4v) is 3.60. The summed E-state index contributed by atoms with van der Waals surface area (Å²) in [6.45, 7) is 6.24. The van der Waals surface area contributed by atoms with Gasteiger partial charge in [0.1, 0.15) is 12.4 Å². The van der Waals surface area contributed by atoms with Crippen molar-refractivity contribution in [2.24, 2.45) is 5.92 Å². The molecule has 0 aliphatic carbocycles. The van der Waals surface area contributed by atoms with Crippen molar-refractivity contribution in [1.29, 1.82) is 0 Å². The molecule has 0 unspecified atom stereocenters. The van der Waals surface area contributed by atoms with Gasteiger partial charge in [-0.05, 0) is 67.7 Å². The summed E-state index contributed by atoms with van der Waals surface area (Å²) in [6.07, 6.45) is 2.12. The summed E-state index contributed by atoms with van der Waals surface area (Å²) < 4.78 is 5.85. The van der Waals surface area contributed by atoms with Crippen molar-refractivity contribution < 1.29 is 9.53 Å². The lowest BCUT2D eigenvalue weighted by Crippen LogP contribution is -2.40. The van der Waals surface area contributed by atoms with E-state index in [2.05, 4.69) is 12.2 Å². The van der Waals surface area contributed by atoms with Crippen LogP contribution in [-0.4, -0.2) is 37.0 Å². The summed E-state index contributed by atoms with van der Waals surface area (Å²) in [7, 11) is 0. The van der Waals surface area contributed by atoms with Gasteiger partial charge < -0.3 is 15.0 Å². The second-order valence-corrected chi connectivity index (χ2v) is 7.43. The van der Waals surface area contributed by atoms with Crippen LogP contribution >= 0.6 is 24.0 Å². The van der Waals surface area contributed by atoms with Gasteiger partial charge in [0.15, 0.2) is 0 Å². The van der Waals surface area contributed by atoms with Gasteiger partial charge in [-0.25, -0.2) is 0 Å². The third-order valence-corrected chi connectivity index (χ3v) is 5.20. The zero-order valence-corrected chi connectivity index (χ0v) is 17.8. The Morgan fingerprint density at radius 1 is 1.18 bits per heavy atom. The topological polar surface area (TPSA) is 41.6 Å². The maximum atomic E-state index is 12.8. The fourth-order valence-electron chi connectivity index (χ4n) is 3.38. The van der Waals surface area contributed by atoms with E-state index < -0.39 is 0 Å². The Bertz CT molecular complexity index is 762. The van der Waals surface area contributed by atoms with E-state index in [1.807, 2.05) is 53.4 Å². The highest BCUT2D eigenvalue weighted by Crippen LogP contribution is 2.21. The summed E-state index contributed by atoms with van der Waals surface area (Å²) in [5, 5.41) is 4.10. The molecular weight excluding hydrogens is 395 g/mol. The first-order valence-corrected chi connectivity index (χ1v) is 10.0. The molecular formula is C22H28Cl2N2O2. The molecule has 3 rings (SSSR count). The molecule has 2 aromatic carbocycles.